The Morgan fingerprint density at radius 2 is 1.45 bits per heavy atom. The zero-order valence-corrected chi connectivity index (χ0v) is 14.3. The Hall–Kier alpha value is -1.82. The predicted octanol–water partition coefficient (Wildman–Crippen LogP) is 6.47. The Kier molecular flexibility index (Phi) is 6.00. The van der Waals surface area contributed by atoms with Crippen LogP contribution in [0.1, 0.15) is 50.8 Å². The van der Waals surface area contributed by atoms with Gasteiger partial charge >= 0.3 is 0 Å². The molecule has 0 spiro atoms. The van der Waals surface area contributed by atoms with E-state index in [4.69, 9.17) is 0 Å². The highest BCUT2D eigenvalue weighted by atomic mass is 14.1. The van der Waals surface area contributed by atoms with Crippen molar-refractivity contribution < 1.29 is 0 Å². The maximum absolute atomic E-state index is 2.34. The highest BCUT2D eigenvalue weighted by Gasteiger charge is 2.05. The first kappa shape index (κ1) is 16.5. The molecule has 0 aliphatic rings. The summed E-state index contributed by atoms with van der Waals surface area (Å²) in [5, 5.41) is 0. The largest absolute Gasteiger partial charge is 0.0625 e. The molecule has 0 amide bonds. The third-order valence-corrected chi connectivity index (χ3v) is 3.74. The maximum atomic E-state index is 2.34. The van der Waals surface area contributed by atoms with Crippen molar-refractivity contribution in [1.29, 1.82) is 0 Å². The minimum atomic E-state index is 0.659. The van der Waals surface area contributed by atoms with Crippen LogP contribution < -0.4 is 0 Å². The average Bonchev–Trinajstić information content (AvgIpc) is 2.48. The molecule has 0 aromatic heterocycles. The van der Waals surface area contributed by atoms with Gasteiger partial charge in [0.05, 0.1) is 0 Å². The summed E-state index contributed by atoms with van der Waals surface area (Å²) < 4.78 is 0. The number of hydrogen-bond donors (Lipinski definition) is 0. The molecular formula is C22H28. The molecule has 2 aromatic carbocycles. The second-order valence-corrected chi connectivity index (χ2v) is 6.97. The first-order chi connectivity index (χ1) is 10.5. The molecule has 0 N–H and O–H groups in total. The Labute approximate surface area is 135 Å². The minimum Gasteiger partial charge on any atom is -0.0625 e. The third-order valence-electron chi connectivity index (χ3n) is 3.74. The van der Waals surface area contributed by atoms with Gasteiger partial charge in [-0.25, -0.2) is 0 Å². The van der Waals surface area contributed by atoms with Crippen molar-refractivity contribution in [2.24, 2.45) is 11.8 Å². The fraction of sp³-hybridized carbons (Fsp3) is 0.364. The van der Waals surface area contributed by atoms with Crippen molar-refractivity contribution >= 4 is 11.6 Å². The van der Waals surface area contributed by atoms with Crippen LogP contribution in [-0.4, -0.2) is 0 Å². The zero-order chi connectivity index (χ0) is 15.9. The van der Waals surface area contributed by atoms with E-state index in [1.54, 1.807) is 0 Å². The normalized spacial score (nSPS) is 12.2. The Morgan fingerprint density at radius 1 is 0.818 bits per heavy atom. The number of benzene rings is 2. The van der Waals surface area contributed by atoms with Crippen molar-refractivity contribution in [1.82, 2.24) is 0 Å². The summed E-state index contributed by atoms with van der Waals surface area (Å²) in [5.41, 5.74) is 5.49. The highest BCUT2D eigenvalue weighted by molar-refractivity contribution is 5.81. The second kappa shape index (κ2) is 7.98. The van der Waals surface area contributed by atoms with E-state index in [1.165, 1.54) is 22.3 Å². The zero-order valence-electron chi connectivity index (χ0n) is 14.3. The molecule has 0 fully saturated rings. The molecule has 2 rings (SSSR count). The summed E-state index contributed by atoms with van der Waals surface area (Å²) in [5.74, 6) is 1.37. The molecule has 0 nitrogen and oxygen atoms in total. The van der Waals surface area contributed by atoms with Gasteiger partial charge in [-0.3, -0.25) is 0 Å². The molecule has 0 bridgehead atoms. The van der Waals surface area contributed by atoms with Crippen LogP contribution in [0.15, 0.2) is 54.6 Å². The van der Waals surface area contributed by atoms with Gasteiger partial charge in [-0.05, 0) is 46.9 Å². The molecule has 116 valence electrons. The first-order valence-corrected chi connectivity index (χ1v) is 8.39. The third kappa shape index (κ3) is 5.18. The summed E-state index contributed by atoms with van der Waals surface area (Å²) in [6.45, 7) is 9.10. The predicted molar refractivity (Wildman–Crippen MR) is 98.8 cm³/mol. The molecule has 0 heterocycles. The average molecular weight is 292 g/mol. The quantitative estimate of drug-likeness (QED) is 0.535. The van der Waals surface area contributed by atoms with E-state index in [0.29, 0.717) is 11.8 Å². The molecule has 0 aliphatic carbocycles. The molecule has 0 unspecified atom stereocenters. The Balaban J connectivity index is 2.25. The van der Waals surface area contributed by atoms with E-state index >= 15 is 0 Å². The van der Waals surface area contributed by atoms with E-state index in [9.17, 15) is 0 Å². The molecule has 0 saturated carbocycles. The van der Waals surface area contributed by atoms with Crippen molar-refractivity contribution in [2.75, 3.05) is 0 Å². The van der Waals surface area contributed by atoms with Gasteiger partial charge in [0.15, 0.2) is 0 Å². The molecule has 0 heteroatoms. The van der Waals surface area contributed by atoms with E-state index < -0.39 is 0 Å². The molecule has 2 aromatic rings. The summed E-state index contributed by atoms with van der Waals surface area (Å²) in [7, 11) is 0. The van der Waals surface area contributed by atoms with Crippen LogP contribution >= 0.6 is 0 Å². The van der Waals surface area contributed by atoms with Crippen LogP contribution in [0.4, 0.5) is 0 Å². The molecule has 0 aliphatic heterocycles. The lowest BCUT2D eigenvalue weighted by atomic mass is 9.94. The first-order valence-electron chi connectivity index (χ1n) is 8.39. The fourth-order valence-corrected chi connectivity index (χ4v) is 2.77. The molecule has 0 saturated heterocycles. The molecular weight excluding hydrogens is 264 g/mol. The van der Waals surface area contributed by atoms with Crippen LogP contribution in [0, 0.1) is 11.8 Å². The van der Waals surface area contributed by atoms with E-state index in [2.05, 4.69) is 88.4 Å². The molecule has 0 radical (unpaired) electrons. The summed E-state index contributed by atoms with van der Waals surface area (Å²) in [6, 6.07) is 19.8. The van der Waals surface area contributed by atoms with Crippen LogP contribution in [0.3, 0.4) is 0 Å². The minimum absolute atomic E-state index is 0.659. The van der Waals surface area contributed by atoms with E-state index in [-0.39, 0.29) is 0 Å². The van der Waals surface area contributed by atoms with Crippen LogP contribution in [0.5, 0.6) is 0 Å². The second-order valence-electron chi connectivity index (χ2n) is 6.97. The summed E-state index contributed by atoms with van der Waals surface area (Å²) in [6.07, 6.45) is 4.60. The number of allylic oxidation sites excluding steroid dienone is 1. The smallest absolute Gasteiger partial charge is 0.0224 e. The van der Waals surface area contributed by atoms with E-state index in [1.807, 2.05) is 0 Å². The Bertz CT molecular complexity index is 586. The Morgan fingerprint density at radius 3 is 2.00 bits per heavy atom. The fourth-order valence-electron chi connectivity index (χ4n) is 2.77. The van der Waals surface area contributed by atoms with Gasteiger partial charge in [0.25, 0.3) is 0 Å². The van der Waals surface area contributed by atoms with Gasteiger partial charge in [-0.15, -0.1) is 0 Å². The van der Waals surface area contributed by atoms with Gasteiger partial charge < -0.3 is 0 Å². The van der Waals surface area contributed by atoms with Gasteiger partial charge in [-0.2, -0.15) is 0 Å². The summed E-state index contributed by atoms with van der Waals surface area (Å²) >= 11 is 0. The van der Waals surface area contributed by atoms with Crippen molar-refractivity contribution in [3.05, 3.63) is 71.3 Å². The number of rotatable bonds is 6. The van der Waals surface area contributed by atoms with Crippen LogP contribution in [0.25, 0.3) is 11.6 Å². The maximum Gasteiger partial charge on any atom is -0.0224 e. The summed E-state index contributed by atoms with van der Waals surface area (Å²) in [4.78, 5) is 0. The van der Waals surface area contributed by atoms with Gasteiger partial charge in [0.1, 0.15) is 0 Å². The lowest BCUT2D eigenvalue weighted by Gasteiger charge is -2.11. The molecule has 0 atom stereocenters. The lowest BCUT2D eigenvalue weighted by molar-refractivity contribution is 0.647. The van der Waals surface area contributed by atoms with Crippen LogP contribution in [0.2, 0.25) is 0 Å². The lowest BCUT2D eigenvalue weighted by Crippen LogP contribution is -1.94. The van der Waals surface area contributed by atoms with E-state index in [0.717, 1.165) is 12.8 Å². The van der Waals surface area contributed by atoms with Crippen LogP contribution in [-0.2, 0) is 6.42 Å². The van der Waals surface area contributed by atoms with Crippen molar-refractivity contribution in [3.8, 4) is 0 Å². The standard InChI is InChI=1S/C22H28/c1-17(2)14-19-10-12-20(13-11-19)16-22(15-18(3)4)21-8-6-5-7-9-21/h5-13,16-18H,14-15H2,1-4H3. The SMILES string of the molecule is CC(C)CC(=Cc1ccc(CC(C)C)cc1)c1ccccc1. The molecule has 22 heavy (non-hydrogen) atoms. The topological polar surface area (TPSA) is 0 Å². The van der Waals surface area contributed by atoms with Crippen molar-refractivity contribution in [2.45, 2.75) is 40.5 Å². The van der Waals surface area contributed by atoms with Gasteiger partial charge in [0.2, 0.25) is 0 Å². The van der Waals surface area contributed by atoms with Gasteiger partial charge in [-0.1, -0.05) is 88.4 Å². The highest BCUT2D eigenvalue weighted by Crippen LogP contribution is 2.25. The van der Waals surface area contributed by atoms with Gasteiger partial charge in [0, 0.05) is 0 Å². The van der Waals surface area contributed by atoms with Crippen molar-refractivity contribution in [3.63, 3.8) is 0 Å². The number of hydrogen-bond acceptors (Lipinski definition) is 0. The monoisotopic (exact) mass is 292 g/mol.